The highest BCUT2D eigenvalue weighted by Crippen LogP contribution is 2.26. The van der Waals surface area contributed by atoms with Gasteiger partial charge in [0.05, 0.1) is 12.2 Å². The van der Waals surface area contributed by atoms with Gasteiger partial charge in [0.1, 0.15) is 16.5 Å². The van der Waals surface area contributed by atoms with E-state index in [1.807, 2.05) is 18.2 Å². The molecular formula is C23H23N5O4S. The van der Waals surface area contributed by atoms with E-state index < -0.39 is 11.9 Å². The minimum Gasteiger partial charge on any atom is -0.476 e. The van der Waals surface area contributed by atoms with Gasteiger partial charge in [-0.3, -0.25) is 4.40 Å². The fourth-order valence-electron chi connectivity index (χ4n) is 3.74. The van der Waals surface area contributed by atoms with Crippen LogP contribution in [0.5, 0.6) is 0 Å². The molecule has 3 heterocycles. The number of aryl methyl sites for hydroxylation is 1. The van der Waals surface area contributed by atoms with E-state index in [4.69, 9.17) is 0 Å². The number of hydrogen-bond donors (Lipinski definition) is 2. The molecule has 4 aromatic rings. The molecule has 2 N–H and O–H groups in total. The highest BCUT2D eigenvalue weighted by molar-refractivity contribution is 7.98. The molecule has 10 heteroatoms. The van der Waals surface area contributed by atoms with Crippen molar-refractivity contribution in [3.8, 4) is 11.3 Å². The van der Waals surface area contributed by atoms with E-state index in [1.54, 1.807) is 35.2 Å². The molecule has 0 saturated heterocycles. The second-order valence-corrected chi connectivity index (χ2v) is 8.24. The number of nitrogens with zero attached hydrogens (tertiary/aromatic N) is 5. The lowest BCUT2D eigenvalue weighted by atomic mass is 10.1. The molecule has 9 nitrogen and oxygen atoms in total. The van der Waals surface area contributed by atoms with E-state index in [2.05, 4.69) is 21.9 Å². The summed E-state index contributed by atoms with van der Waals surface area (Å²) < 4.78 is 3.12. The molecule has 0 aliphatic heterocycles. The topological polar surface area (TPSA) is 123 Å². The average molecular weight is 466 g/mol. The van der Waals surface area contributed by atoms with Crippen LogP contribution < -0.4 is 0 Å². The fraction of sp³-hybridized carbons (Fsp3) is 0.261. The molecule has 170 valence electrons. The van der Waals surface area contributed by atoms with Gasteiger partial charge in [0.15, 0.2) is 11.4 Å². The molecule has 0 unspecified atom stereocenters. The highest BCUT2D eigenvalue weighted by Gasteiger charge is 2.24. The van der Waals surface area contributed by atoms with Gasteiger partial charge in [0.25, 0.3) is 0 Å². The molecule has 0 saturated carbocycles. The maximum Gasteiger partial charge on any atom is 0.355 e. The summed E-state index contributed by atoms with van der Waals surface area (Å²) in [5.74, 6) is -1.22. The number of benzene rings is 1. The summed E-state index contributed by atoms with van der Waals surface area (Å²) in [7, 11) is 0. The summed E-state index contributed by atoms with van der Waals surface area (Å²) in [6, 6.07) is 10.8. The third kappa shape index (κ3) is 4.34. The molecule has 33 heavy (non-hydrogen) atoms. The van der Waals surface area contributed by atoms with Crippen molar-refractivity contribution >= 4 is 29.5 Å². The lowest BCUT2D eigenvalue weighted by molar-refractivity contribution is 0.0673. The Bertz CT molecular complexity index is 1330. The van der Waals surface area contributed by atoms with Crippen LogP contribution in [-0.4, -0.2) is 52.3 Å². The zero-order chi connectivity index (χ0) is 23.5. The molecule has 1 aromatic carbocycles. The van der Waals surface area contributed by atoms with Gasteiger partial charge in [-0.25, -0.2) is 24.5 Å². The van der Waals surface area contributed by atoms with E-state index in [-0.39, 0.29) is 23.7 Å². The van der Waals surface area contributed by atoms with E-state index >= 15 is 0 Å². The number of thioether (sulfide) groups is 1. The van der Waals surface area contributed by atoms with Gasteiger partial charge >= 0.3 is 11.9 Å². The molecule has 0 spiro atoms. The lowest BCUT2D eigenvalue weighted by Gasteiger charge is -2.10. The number of carbonyl (C=O) groups is 2. The SMILES string of the molecule is CCCCc1nc(SC)c(C(=O)O)n1Cc1ccn2c(C(=O)O)c(-c3ccccc3)nc2n1. The van der Waals surface area contributed by atoms with Crippen molar-refractivity contribution in [1.82, 2.24) is 23.9 Å². The maximum absolute atomic E-state index is 12.0. The molecular weight excluding hydrogens is 442 g/mol. The van der Waals surface area contributed by atoms with E-state index in [9.17, 15) is 19.8 Å². The van der Waals surface area contributed by atoms with Crippen molar-refractivity contribution in [3.05, 3.63) is 65.5 Å². The van der Waals surface area contributed by atoms with E-state index in [1.165, 1.54) is 16.2 Å². The Kier molecular flexibility index (Phi) is 6.45. The first-order valence-corrected chi connectivity index (χ1v) is 11.7. The predicted molar refractivity (Wildman–Crippen MR) is 124 cm³/mol. The van der Waals surface area contributed by atoms with Crippen LogP contribution in [0.15, 0.2) is 47.6 Å². The van der Waals surface area contributed by atoms with E-state index in [0.29, 0.717) is 34.2 Å². The summed E-state index contributed by atoms with van der Waals surface area (Å²) in [5, 5.41) is 20.1. The number of carboxylic acid groups (broad SMARTS) is 2. The second-order valence-electron chi connectivity index (χ2n) is 7.45. The minimum absolute atomic E-state index is 0.0254. The molecule has 0 atom stereocenters. The smallest absolute Gasteiger partial charge is 0.355 e. The Morgan fingerprint density at radius 3 is 2.36 bits per heavy atom. The Morgan fingerprint density at radius 2 is 1.73 bits per heavy atom. The predicted octanol–water partition coefficient (Wildman–Crippen LogP) is 4.10. The van der Waals surface area contributed by atoms with Crippen LogP contribution in [0.25, 0.3) is 17.0 Å². The summed E-state index contributed by atoms with van der Waals surface area (Å²) in [6.07, 6.45) is 5.92. The zero-order valence-corrected chi connectivity index (χ0v) is 19.0. The van der Waals surface area contributed by atoms with Crippen LogP contribution in [0.3, 0.4) is 0 Å². The largest absolute Gasteiger partial charge is 0.476 e. The molecule has 0 aliphatic carbocycles. The number of aromatic nitrogens is 5. The molecule has 0 bridgehead atoms. The summed E-state index contributed by atoms with van der Waals surface area (Å²) >= 11 is 1.30. The number of rotatable bonds is 9. The quantitative estimate of drug-likeness (QED) is 0.354. The first-order chi connectivity index (χ1) is 15.9. The monoisotopic (exact) mass is 465 g/mol. The number of aromatic carboxylic acids is 2. The summed E-state index contributed by atoms with van der Waals surface area (Å²) in [5.41, 5.74) is 1.73. The van der Waals surface area contributed by atoms with E-state index in [0.717, 1.165) is 12.8 Å². The second kappa shape index (κ2) is 9.45. The molecule has 4 rings (SSSR count). The first-order valence-electron chi connectivity index (χ1n) is 10.5. The van der Waals surface area contributed by atoms with Gasteiger partial charge in [0, 0.05) is 18.2 Å². The minimum atomic E-state index is -1.11. The van der Waals surface area contributed by atoms with Crippen LogP contribution in [0.2, 0.25) is 0 Å². The average Bonchev–Trinajstić information content (AvgIpc) is 3.36. The Balaban J connectivity index is 1.80. The van der Waals surface area contributed by atoms with Gasteiger partial charge in [0.2, 0.25) is 5.78 Å². The van der Waals surface area contributed by atoms with Crippen molar-refractivity contribution in [2.75, 3.05) is 6.26 Å². The molecule has 0 aliphatic rings. The molecule has 0 radical (unpaired) electrons. The van der Waals surface area contributed by atoms with Gasteiger partial charge in [-0.1, -0.05) is 43.7 Å². The molecule has 0 fully saturated rings. The standard InChI is InChI=1S/C23H23N5O4S/c1-3-4-10-16-25-20(33-2)19(22(31)32)28(16)13-15-11-12-27-18(21(29)30)17(26-23(27)24-15)14-8-6-5-7-9-14/h5-9,11-12H,3-4,10,13H2,1-2H3,(H,29,30)(H,31,32). The Labute approximate surface area is 194 Å². The number of carboxylic acids is 2. The highest BCUT2D eigenvalue weighted by atomic mass is 32.2. The molecule has 0 amide bonds. The van der Waals surface area contributed by atoms with Crippen LogP contribution >= 0.6 is 11.8 Å². The van der Waals surface area contributed by atoms with Crippen LogP contribution in [0.1, 0.15) is 52.3 Å². The molecule has 3 aromatic heterocycles. The third-order valence-corrected chi connectivity index (χ3v) is 5.96. The summed E-state index contributed by atoms with van der Waals surface area (Å²) in [4.78, 5) is 37.6. The number of unbranched alkanes of at least 4 members (excludes halogenated alkanes) is 1. The fourth-order valence-corrected chi connectivity index (χ4v) is 4.33. The number of fused-ring (bicyclic) bond motifs is 1. The van der Waals surface area contributed by atoms with Crippen molar-refractivity contribution in [2.45, 2.75) is 37.8 Å². The van der Waals surface area contributed by atoms with Crippen molar-refractivity contribution in [3.63, 3.8) is 0 Å². The first kappa shape index (κ1) is 22.5. The third-order valence-electron chi connectivity index (χ3n) is 5.29. The van der Waals surface area contributed by atoms with Crippen LogP contribution in [-0.2, 0) is 13.0 Å². The van der Waals surface area contributed by atoms with Gasteiger partial charge in [-0.15, -0.1) is 11.8 Å². The van der Waals surface area contributed by atoms with Crippen molar-refractivity contribution in [1.29, 1.82) is 0 Å². The van der Waals surface area contributed by atoms with Gasteiger partial charge < -0.3 is 14.8 Å². The zero-order valence-electron chi connectivity index (χ0n) is 18.2. The lowest BCUT2D eigenvalue weighted by Crippen LogP contribution is -2.14. The van der Waals surface area contributed by atoms with Crippen molar-refractivity contribution in [2.24, 2.45) is 0 Å². The van der Waals surface area contributed by atoms with Crippen LogP contribution in [0, 0.1) is 0 Å². The number of imidazole rings is 2. The number of hydrogen-bond acceptors (Lipinski definition) is 6. The van der Waals surface area contributed by atoms with Crippen molar-refractivity contribution < 1.29 is 19.8 Å². The normalized spacial score (nSPS) is 11.2. The van der Waals surface area contributed by atoms with Gasteiger partial charge in [-0.2, -0.15) is 0 Å². The van der Waals surface area contributed by atoms with Gasteiger partial charge in [-0.05, 0) is 18.7 Å². The maximum atomic E-state index is 12.0. The Morgan fingerprint density at radius 1 is 1.00 bits per heavy atom. The Hall–Kier alpha value is -3.66. The van der Waals surface area contributed by atoms with Crippen LogP contribution in [0.4, 0.5) is 0 Å². The summed E-state index contributed by atoms with van der Waals surface area (Å²) in [6.45, 7) is 2.26.